The molecule has 0 aliphatic rings. The molecule has 0 fully saturated rings. The highest BCUT2D eigenvalue weighted by molar-refractivity contribution is 6.04. The second kappa shape index (κ2) is 5.08. The number of nitro groups is 1. The number of carbonyl (C=O) groups excluding carboxylic acids is 1. The van der Waals surface area contributed by atoms with Crippen molar-refractivity contribution in [2.24, 2.45) is 0 Å². The molecule has 1 heterocycles. The van der Waals surface area contributed by atoms with Crippen molar-refractivity contribution >= 4 is 17.3 Å². The number of nitrogens with zero attached hydrogens (tertiary/aromatic N) is 2. The summed E-state index contributed by atoms with van der Waals surface area (Å²) in [6.45, 7) is 0. The topological polar surface area (TPSA) is 118 Å². The molecular weight excluding hydrogens is 252 g/mol. The normalized spacial score (nSPS) is 9.89. The molecule has 0 spiro atoms. The van der Waals surface area contributed by atoms with Gasteiger partial charge in [-0.2, -0.15) is 5.10 Å². The number of aromatic nitrogens is 2. The van der Waals surface area contributed by atoms with Crippen molar-refractivity contribution in [3.63, 3.8) is 0 Å². The zero-order valence-corrected chi connectivity index (χ0v) is 9.49. The van der Waals surface area contributed by atoms with Crippen LogP contribution in [0, 0.1) is 10.1 Å². The van der Waals surface area contributed by atoms with E-state index < -0.39 is 16.4 Å². The molecule has 0 atom stereocenters. The van der Waals surface area contributed by atoms with E-state index in [1.54, 1.807) is 0 Å². The lowest BCUT2D eigenvalue weighted by Crippen LogP contribution is -2.20. The molecule has 2 aromatic rings. The number of nitrogens with one attached hydrogen (secondary N) is 2. The van der Waals surface area contributed by atoms with Gasteiger partial charge in [-0.1, -0.05) is 0 Å². The molecule has 0 saturated heterocycles. The molecule has 0 aliphatic carbocycles. The summed E-state index contributed by atoms with van der Waals surface area (Å²) in [5, 5.41) is 18.5. The number of anilines is 1. The van der Waals surface area contributed by atoms with Crippen LogP contribution in [-0.4, -0.2) is 21.0 Å². The van der Waals surface area contributed by atoms with E-state index in [9.17, 15) is 19.7 Å². The lowest BCUT2D eigenvalue weighted by Gasteiger charge is -2.03. The predicted molar refractivity (Wildman–Crippen MR) is 65.9 cm³/mol. The number of rotatable bonds is 3. The first-order valence-electron chi connectivity index (χ1n) is 5.17. The smallest absolute Gasteiger partial charge is 0.287 e. The summed E-state index contributed by atoms with van der Waals surface area (Å²) in [6, 6.07) is 6.39. The van der Waals surface area contributed by atoms with Crippen LogP contribution < -0.4 is 10.9 Å². The number of amides is 1. The fourth-order valence-electron chi connectivity index (χ4n) is 1.37. The monoisotopic (exact) mass is 260 g/mol. The van der Waals surface area contributed by atoms with Gasteiger partial charge in [0.25, 0.3) is 17.2 Å². The Labute approximate surface area is 106 Å². The van der Waals surface area contributed by atoms with Crippen LogP contribution in [0.3, 0.4) is 0 Å². The van der Waals surface area contributed by atoms with Gasteiger partial charge < -0.3 is 5.32 Å². The van der Waals surface area contributed by atoms with Crippen LogP contribution in [-0.2, 0) is 0 Å². The molecule has 0 aliphatic heterocycles. The third-order valence-corrected chi connectivity index (χ3v) is 2.31. The number of hydrogen-bond acceptors (Lipinski definition) is 5. The van der Waals surface area contributed by atoms with E-state index >= 15 is 0 Å². The highest BCUT2D eigenvalue weighted by Gasteiger charge is 2.10. The second-order valence-electron chi connectivity index (χ2n) is 3.56. The molecule has 2 rings (SSSR count). The SMILES string of the molecule is O=C(Nc1ccn[nH]c1=O)c1ccc([N+](=O)[O-])cc1. The molecule has 8 nitrogen and oxygen atoms in total. The maximum absolute atomic E-state index is 11.8. The standard InChI is InChI=1S/C11H8N4O4/c16-10(13-9-5-6-12-14-11(9)17)7-1-3-8(4-2-7)15(18)19/h1-6H,(H,14,17)(H,12,13,16). The van der Waals surface area contributed by atoms with Crippen LogP contribution in [0.1, 0.15) is 10.4 Å². The van der Waals surface area contributed by atoms with Crippen LogP contribution in [0.15, 0.2) is 41.3 Å². The lowest BCUT2D eigenvalue weighted by atomic mass is 10.2. The van der Waals surface area contributed by atoms with E-state index in [2.05, 4.69) is 15.5 Å². The molecule has 0 saturated carbocycles. The Morgan fingerprint density at radius 2 is 1.95 bits per heavy atom. The first-order chi connectivity index (χ1) is 9.08. The van der Waals surface area contributed by atoms with Crippen molar-refractivity contribution in [3.05, 3.63) is 62.6 Å². The molecular formula is C11H8N4O4. The first kappa shape index (κ1) is 12.4. The molecule has 8 heteroatoms. The number of nitro benzene ring substituents is 1. The molecule has 0 radical (unpaired) electrons. The van der Waals surface area contributed by atoms with Crippen molar-refractivity contribution in [1.29, 1.82) is 0 Å². The zero-order valence-electron chi connectivity index (χ0n) is 9.49. The zero-order chi connectivity index (χ0) is 13.8. The van der Waals surface area contributed by atoms with E-state index in [1.807, 2.05) is 0 Å². The van der Waals surface area contributed by atoms with E-state index in [4.69, 9.17) is 0 Å². The van der Waals surface area contributed by atoms with Crippen molar-refractivity contribution < 1.29 is 9.72 Å². The van der Waals surface area contributed by atoms with Gasteiger partial charge in [-0.3, -0.25) is 19.7 Å². The molecule has 0 bridgehead atoms. The van der Waals surface area contributed by atoms with Crippen molar-refractivity contribution in [3.8, 4) is 0 Å². The third kappa shape index (κ3) is 2.80. The van der Waals surface area contributed by atoms with Gasteiger partial charge >= 0.3 is 0 Å². The van der Waals surface area contributed by atoms with Gasteiger partial charge in [0.05, 0.1) is 4.92 Å². The molecule has 1 aromatic heterocycles. The van der Waals surface area contributed by atoms with Gasteiger partial charge in [0.1, 0.15) is 5.69 Å². The molecule has 96 valence electrons. The molecule has 0 unspecified atom stereocenters. The fourth-order valence-corrected chi connectivity index (χ4v) is 1.37. The Morgan fingerprint density at radius 3 is 2.53 bits per heavy atom. The van der Waals surface area contributed by atoms with Crippen molar-refractivity contribution in [2.75, 3.05) is 5.32 Å². The molecule has 1 aromatic carbocycles. The predicted octanol–water partition coefficient (Wildman–Crippen LogP) is 0.930. The Kier molecular flexibility index (Phi) is 3.33. The van der Waals surface area contributed by atoms with E-state index in [-0.39, 0.29) is 16.9 Å². The molecule has 1 amide bonds. The Bertz CT molecular complexity index is 678. The summed E-state index contributed by atoms with van der Waals surface area (Å²) in [4.78, 5) is 33.0. The Hall–Kier alpha value is -3.03. The highest BCUT2D eigenvalue weighted by Crippen LogP contribution is 2.12. The summed E-state index contributed by atoms with van der Waals surface area (Å²) in [7, 11) is 0. The second-order valence-corrected chi connectivity index (χ2v) is 3.56. The maximum atomic E-state index is 11.8. The van der Waals surface area contributed by atoms with Gasteiger partial charge in [-0.25, -0.2) is 5.10 Å². The first-order valence-corrected chi connectivity index (χ1v) is 5.17. The van der Waals surface area contributed by atoms with Crippen molar-refractivity contribution in [2.45, 2.75) is 0 Å². The van der Waals surface area contributed by atoms with Crippen LogP contribution in [0.4, 0.5) is 11.4 Å². The largest absolute Gasteiger partial charge is 0.317 e. The summed E-state index contributed by atoms with van der Waals surface area (Å²) >= 11 is 0. The van der Waals surface area contributed by atoms with E-state index in [0.29, 0.717) is 0 Å². The minimum atomic E-state index is -0.560. The third-order valence-electron chi connectivity index (χ3n) is 2.31. The quantitative estimate of drug-likeness (QED) is 0.628. The maximum Gasteiger partial charge on any atom is 0.287 e. The van der Waals surface area contributed by atoms with Crippen LogP contribution in [0.2, 0.25) is 0 Å². The van der Waals surface area contributed by atoms with E-state index in [1.165, 1.54) is 36.5 Å². The van der Waals surface area contributed by atoms with Gasteiger partial charge in [0.2, 0.25) is 0 Å². The Morgan fingerprint density at radius 1 is 1.26 bits per heavy atom. The van der Waals surface area contributed by atoms with Gasteiger partial charge in [0.15, 0.2) is 0 Å². The number of hydrogen-bond donors (Lipinski definition) is 2. The number of carbonyl (C=O) groups is 1. The number of H-pyrrole nitrogens is 1. The number of non-ortho nitro benzene ring substituents is 1. The number of aromatic amines is 1. The lowest BCUT2D eigenvalue weighted by molar-refractivity contribution is -0.384. The van der Waals surface area contributed by atoms with Crippen LogP contribution >= 0.6 is 0 Å². The van der Waals surface area contributed by atoms with Gasteiger partial charge in [-0.05, 0) is 18.2 Å². The number of benzene rings is 1. The van der Waals surface area contributed by atoms with Gasteiger partial charge in [-0.15, -0.1) is 0 Å². The minimum absolute atomic E-state index is 0.0540. The summed E-state index contributed by atoms with van der Waals surface area (Å²) in [5.74, 6) is -0.536. The molecule has 19 heavy (non-hydrogen) atoms. The summed E-state index contributed by atoms with van der Waals surface area (Å²) < 4.78 is 0. The fraction of sp³-hybridized carbons (Fsp3) is 0. The average molecular weight is 260 g/mol. The minimum Gasteiger partial charge on any atom is -0.317 e. The van der Waals surface area contributed by atoms with Crippen LogP contribution in [0.25, 0.3) is 0 Å². The highest BCUT2D eigenvalue weighted by atomic mass is 16.6. The van der Waals surface area contributed by atoms with E-state index in [0.717, 1.165) is 0 Å². The van der Waals surface area contributed by atoms with Crippen molar-refractivity contribution in [1.82, 2.24) is 10.2 Å². The average Bonchev–Trinajstić information content (AvgIpc) is 2.41. The summed E-state index contributed by atoms with van der Waals surface area (Å²) in [6.07, 6.45) is 1.33. The van der Waals surface area contributed by atoms with Gasteiger partial charge in [0, 0.05) is 23.9 Å². The van der Waals surface area contributed by atoms with Crippen LogP contribution in [0.5, 0.6) is 0 Å². The summed E-state index contributed by atoms with van der Waals surface area (Å²) in [5.41, 5.74) is -0.378. The molecule has 2 N–H and O–H groups in total. The Balaban J connectivity index is 2.19.